The van der Waals surface area contributed by atoms with Crippen LogP contribution in [0, 0.1) is 11.3 Å². The van der Waals surface area contributed by atoms with Crippen LogP contribution in [0.4, 0.5) is 5.69 Å². The lowest BCUT2D eigenvalue weighted by Gasteiger charge is -2.29. The topological polar surface area (TPSA) is 74.0 Å². The number of rotatable bonds is 5. The van der Waals surface area contributed by atoms with Crippen molar-refractivity contribution in [3.05, 3.63) is 82.9 Å². The third kappa shape index (κ3) is 4.53. The van der Waals surface area contributed by atoms with E-state index in [1.54, 1.807) is 0 Å². The van der Waals surface area contributed by atoms with Crippen molar-refractivity contribution >= 4 is 11.6 Å². The van der Waals surface area contributed by atoms with Crippen molar-refractivity contribution in [2.75, 3.05) is 11.9 Å². The second kappa shape index (κ2) is 8.29. The van der Waals surface area contributed by atoms with Crippen molar-refractivity contribution < 1.29 is 4.79 Å². The average molecular weight is 385 g/mol. The second-order valence-electron chi connectivity index (χ2n) is 7.45. The summed E-state index contributed by atoms with van der Waals surface area (Å²) in [6.45, 7) is 4.93. The number of fused-ring (bicyclic) bond motifs is 1. The number of nitrogens with one attached hydrogen (secondary N) is 1. The molecule has 146 valence electrons. The zero-order chi connectivity index (χ0) is 20.2. The first-order valence-electron chi connectivity index (χ1n) is 9.70. The summed E-state index contributed by atoms with van der Waals surface area (Å²) in [5.74, 6) is -0.0516. The van der Waals surface area contributed by atoms with Gasteiger partial charge in [-0.15, -0.1) is 0 Å². The molecule has 2 heterocycles. The Morgan fingerprint density at radius 1 is 1.17 bits per heavy atom. The van der Waals surface area contributed by atoms with Gasteiger partial charge in [0.15, 0.2) is 0 Å². The van der Waals surface area contributed by atoms with Gasteiger partial charge in [0.1, 0.15) is 0 Å². The summed E-state index contributed by atoms with van der Waals surface area (Å²) in [5, 5.41) is 11.8. The standard InChI is InChI=1S/C23H23N5O/c1-17(29)26-22-7-6-20-8-9-27(14-21(20)10-22)15-23-12-25-16-28(23)13-19-4-2-18(11-24)3-5-19/h2-7,10,12,16H,8-9,13-15H2,1H3,(H,26,29). The van der Waals surface area contributed by atoms with Gasteiger partial charge < -0.3 is 9.88 Å². The number of nitrogens with zero attached hydrogens (tertiary/aromatic N) is 4. The molecule has 0 saturated heterocycles. The van der Waals surface area contributed by atoms with E-state index in [0.29, 0.717) is 5.56 Å². The minimum Gasteiger partial charge on any atom is -0.329 e. The molecular formula is C23H23N5O. The van der Waals surface area contributed by atoms with Crippen LogP contribution in [0.1, 0.15) is 34.9 Å². The maximum Gasteiger partial charge on any atom is 0.221 e. The number of anilines is 1. The van der Waals surface area contributed by atoms with E-state index in [4.69, 9.17) is 5.26 Å². The lowest BCUT2D eigenvalue weighted by Crippen LogP contribution is -2.31. The lowest BCUT2D eigenvalue weighted by atomic mass is 9.99. The number of benzene rings is 2. The molecular weight excluding hydrogens is 362 g/mol. The molecule has 6 heteroatoms. The van der Waals surface area contributed by atoms with Gasteiger partial charge in [-0.1, -0.05) is 18.2 Å². The SMILES string of the molecule is CC(=O)Nc1ccc2c(c1)CN(Cc1cncn1Cc1ccc(C#N)cc1)CC2. The molecule has 0 spiro atoms. The molecule has 0 aliphatic carbocycles. The summed E-state index contributed by atoms with van der Waals surface area (Å²) in [4.78, 5) is 18.1. The zero-order valence-corrected chi connectivity index (χ0v) is 16.4. The Labute approximate surface area is 170 Å². The number of imidazole rings is 1. The average Bonchev–Trinajstić information content (AvgIpc) is 3.14. The van der Waals surface area contributed by atoms with Gasteiger partial charge in [-0.2, -0.15) is 5.26 Å². The van der Waals surface area contributed by atoms with Crippen molar-refractivity contribution in [2.45, 2.75) is 33.0 Å². The van der Waals surface area contributed by atoms with Gasteiger partial charge in [0.25, 0.3) is 0 Å². The van der Waals surface area contributed by atoms with E-state index in [9.17, 15) is 4.79 Å². The van der Waals surface area contributed by atoms with Crippen LogP contribution >= 0.6 is 0 Å². The lowest BCUT2D eigenvalue weighted by molar-refractivity contribution is -0.114. The Morgan fingerprint density at radius 2 is 2.00 bits per heavy atom. The van der Waals surface area contributed by atoms with Crippen LogP contribution in [0.2, 0.25) is 0 Å². The third-order valence-corrected chi connectivity index (χ3v) is 5.24. The molecule has 6 nitrogen and oxygen atoms in total. The molecule has 0 bridgehead atoms. The van der Waals surface area contributed by atoms with Gasteiger partial charge in [0, 0.05) is 45.0 Å². The Hall–Kier alpha value is -3.43. The van der Waals surface area contributed by atoms with Crippen molar-refractivity contribution in [3.63, 3.8) is 0 Å². The van der Waals surface area contributed by atoms with Crippen LogP contribution in [-0.4, -0.2) is 26.9 Å². The van der Waals surface area contributed by atoms with Gasteiger partial charge >= 0.3 is 0 Å². The van der Waals surface area contributed by atoms with Crippen molar-refractivity contribution in [1.82, 2.24) is 14.5 Å². The molecule has 0 saturated carbocycles. The number of carbonyl (C=O) groups is 1. The molecule has 0 unspecified atom stereocenters. The first kappa shape index (κ1) is 18.9. The minimum absolute atomic E-state index is 0.0516. The molecule has 4 rings (SSSR count). The van der Waals surface area contributed by atoms with Gasteiger partial charge in [0.2, 0.25) is 5.91 Å². The Morgan fingerprint density at radius 3 is 2.76 bits per heavy atom. The van der Waals surface area contributed by atoms with Crippen LogP contribution in [0.3, 0.4) is 0 Å². The van der Waals surface area contributed by atoms with Crippen molar-refractivity contribution in [1.29, 1.82) is 5.26 Å². The summed E-state index contributed by atoms with van der Waals surface area (Å²) in [5.41, 5.74) is 6.44. The number of carbonyl (C=O) groups excluding carboxylic acids is 1. The highest BCUT2D eigenvalue weighted by molar-refractivity contribution is 5.88. The number of hydrogen-bond donors (Lipinski definition) is 1. The van der Waals surface area contributed by atoms with Crippen LogP contribution in [-0.2, 0) is 30.8 Å². The van der Waals surface area contributed by atoms with Crippen LogP contribution < -0.4 is 5.32 Å². The molecule has 2 aromatic carbocycles. The Balaban J connectivity index is 1.45. The van der Waals surface area contributed by atoms with Crippen LogP contribution in [0.15, 0.2) is 55.0 Å². The molecule has 29 heavy (non-hydrogen) atoms. The summed E-state index contributed by atoms with van der Waals surface area (Å²) in [7, 11) is 0. The Kier molecular flexibility index (Phi) is 5.41. The number of nitriles is 1. The summed E-state index contributed by atoms with van der Waals surface area (Å²) < 4.78 is 2.16. The maximum absolute atomic E-state index is 11.3. The largest absolute Gasteiger partial charge is 0.329 e. The number of hydrogen-bond acceptors (Lipinski definition) is 4. The van der Waals surface area contributed by atoms with E-state index in [0.717, 1.165) is 49.5 Å². The molecule has 0 atom stereocenters. The van der Waals surface area contributed by atoms with E-state index in [1.165, 1.54) is 18.1 Å². The summed E-state index contributed by atoms with van der Waals surface area (Å²) >= 11 is 0. The van der Waals surface area contributed by atoms with Crippen molar-refractivity contribution in [3.8, 4) is 6.07 Å². The normalized spacial score (nSPS) is 13.5. The first-order valence-corrected chi connectivity index (χ1v) is 9.70. The number of aromatic nitrogens is 2. The van der Waals surface area contributed by atoms with Crippen molar-refractivity contribution in [2.24, 2.45) is 0 Å². The fourth-order valence-corrected chi connectivity index (χ4v) is 3.76. The molecule has 0 radical (unpaired) electrons. The van der Waals surface area contributed by atoms with E-state index < -0.39 is 0 Å². The predicted octanol–water partition coefficient (Wildman–Crippen LogP) is 3.32. The van der Waals surface area contributed by atoms with Gasteiger partial charge in [-0.25, -0.2) is 4.98 Å². The van der Waals surface area contributed by atoms with Gasteiger partial charge in [-0.05, 0) is 47.4 Å². The highest BCUT2D eigenvalue weighted by atomic mass is 16.1. The quantitative estimate of drug-likeness (QED) is 0.731. The van der Waals surface area contributed by atoms with Crippen LogP contribution in [0.5, 0.6) is 0 Å². The first-order chi connectivity index (χ1) is 14.1. The van der Waals surface area contributed by atoms with Crippen LogP contribution in [0.25, 0.3) is 0 Å². The highest BCUT2D eigenvalue weighted by Gasteiger charge is 2.18. The molecule has 1 aliphatic heterocycles. The van der Waals surface area contributed by atoms with Gasteiger partial charge in [-0.3, -0.25) is 9.69 Å². The highest BCUT2D eigenvalue weighted by Crippen LogP contribution is 2.24. The fraction of sp³-hybridized carbons (Fsp3) is 0.261. The fourth-order valence-electron chi connectivity index (χ4n) is 3.76. The monoisotopic (exact) mass is 385 g/mol. The van der Waals surface area contributed by atoms with E-state index >= 15 is 0 Å². The molecule has 1 aromatic heterocycles. The third-order valence-electron chi connectivity index (χ3n) is 5.24. The van der Waals surface area contributed by atoms with E-state index in [-0.39, 0.29) is 5.91 Å². The molecule has 3 aromatic rings. The van der Waals surface area contributed by atoms with E-state index in [1.807, 2.05) is 42.9 Å². The molecule has 1 amide bonds. The summed E-state index contributed by atoms with van der Waals surface area (Å²) in [6, 6.07) is 16.0. The molecule has 1 aliphatic rings. The second-order valence-corrected chi connectivity index (χ2v) is 7.45. The zero-order valence-electron chi connectivity index (χ0n) is 16.4. The Bertz CT molecular complexity index is 1060. The maximum atomic E-state index is 11.3. The number of amides is 1. The smallest absolute Gasteiger partial charge is 0.221 e. The minimum atomic E-state index is -0.0516. The van der Waals surface area contributed by atoms with Gasteiger partial charge in [0.05, 0.1) is 23.7 Å². The molecule has 1 N–H and O–H groups in total. The summed E-state index contributed by atoms with van der Waals surface area (Å²) in [6.07, 6.45) is 4.78. The predicted molar refractivity (Wildman–Crippen MR) is 111 cm³/mol. The van der Waals surface area contributed by atoms with E-state index in [2.05, 4.69) is 38.0 Å². The molecule has 0 fully saturated rings.